The number of fused-ring (bicyclic) bond motifs is 3. The van der Waals surface area contributed by atoms with Crippen LogP contribution < -0.4 is 0 Å². The molecule has 1 aromatic carbocycles. The molecule has 0 aliphatic heterocycles. The van der Waals surface area contributed by atoms with Crippen molar-refractivity contribution in [3.8, 4) is 11.6 Å². The van der Waals surface area contributed by atoms with Gasteiger partial charge in [0.25, 0.3) is 0 Å². The zero-order chi connectivity index (χ0) is 20.4. The molecule has 0 atom stereocenters. The highest BCUT2D eigenvalue weighted by Crippen LogP contribution is 2.34. The Morgan fingerprint density at radius 1 is 0.793 bits per heavy atom. The molecule has 0 fully saturated rings. The Bertz CT molecular complexity index is 1420. The highest BCUT2D eigenvalue weighted by atomic mass is 35.5. The molecule has 4 heterocycles. The van der Waals surface area contributed by atoms with Crippen LogP contribution in [0.1, 0.15) is 22.8 Å². The number of benzene rings is 1. The summed E-state index contributed by atoms with van der Waals surface area (Å²) in [4.78, 5) is 3.47. The maximum absolute atomic E-state index is 6.39. The summed E-state index contributed by atoms with van der Waals surface area (Å²) in [7, 11) is 0. The second-order valence-corrected chi connectivity index (χ2v) is 7.82. The van der Waals surface area contributed by atoms with Crippen LogP contribution in [0.5, 0.6) is 0 Å². The van der Waals surface area contributed by atoms with Gasteiger partial charge in [0, 0.05) is 10.9 Å². The van der Waals surface area contributed by atoms with Crippen LogP contribution in [0.4, 0.5) is 0 Å². The monoisotopic (exact) mass is 425 g/mol. The Hall–Kier alpha value is -2.90. The van der Waals surface area contributed by atoms with E-state index in [1.807, 2.05) is 52.0 Å². The van der Waals surface area contributed by atoms with Gasteiger partial charge >= 0.3 is 0 Å². The average Bonchev–Trinajstić information content (AvgIpc) is 3.31. The van der Waals surface area contributed by atoms with Crippen molar-refractivity contribution < 1.29 is 0 Å². The van der Waals surface area contributed by atoms with Crippen LogP contribution in [-0.2, 0) is 0 Å². The summed E-state index contributed by atoms with van der Waals surface area (Å²) in [6.07, 6.45) is 0. The number of hydrogen-bond acceptors (Lipinski definition) is 4. The lowest BCUT2D eigenvalue weighted by atomic mass is 10.2. The van der Waals surface area contributed by atoms with Crippen molar-refractivity contribution in [1.82, 2.24) is 34.7 Å². The molecule has 1 N–H and O–H groups in total. The Morgan fingerprint density at radius 3 is 1.93 bits per heavy atom. The summed E-state index contributed by atoms with van der Waals surface area (Å²) in [5.41, 5.74) is 4.88. The molecule has 5 rings (SSSR count). The Labute approximate surface area is 176 Å². The lowest BCUT2D eigenvalue weighted by Gasteiger charge is -2.09. The first-order valence-corrected chi connectivity index (χ1v) is 9.85. The molecule has 5 aromatic rings. The molecule has 0 saturated carbocycles. The van der Waals surface area contributed by atoms with Crippen LogP contribution in [-0.4, -0.2) is 34.7 Å². The first-order valence-electron chi connectivity index (χ1n) is 9.09. The number of halogens is 2. The van der Waals surface area contributed by atoms with Gasteiger partial charge in [-0.05, 0) is 33.8 Å². The molecule has 4 aromatic heterocycles. The van der Waals surface area contributed by atoms with Gasteiger partial charge in [-0.25, -0.2) is 9.36 Å². The highest BCUT2D eigenvalue weighted by Gasteiger charge is 2.22. The minimum Gasteiger partial charge on any atom is -0.351 e. The second-order valence-electron chi connectivity index (χ2n) is 7.06. The number of aromatic amines is 1. The minimum absolute atomic E-state index is 0.583. The summed E-state index contributed by atoms with van der Waals surface area (Å²) < 4.78 is 3.46. The summed E-state index contributed by atoms with van der Waals surface area (Å²) in [6.45, 7) is 7.57. The van der Waals surface area contributed by atoms with E-state index in [0.29, 0.717) is 21.7 Å². The number of rotatable bonds is 2. The van der Waals surface area contributed by atoms with Crippen LogP contribution >= 0.6 is 23.2 Å². The van der Waals surface area contributed by atoms with Crippen LogP contribution in [0.2, 0.25) is 10.0 Å². The van der Waals surface area contributed by atoms with Crippen LogP contribution in [0.15, 0.2) is 24.3 Å². The van der Waals surface area contributed by atoms with Gasteiger partial charge in [-0.15, -0.1) is 10.2 Å². The predicted molar refractivity (Wildman–Crippen MR) is 115 cm³/mol. The fourth-order valence-electron chi connectivity index (χ4n) is 3.69. The van der Waals surface area contributed by atoms with Crippen molar-refractivity contribution in [2.45, 2.75) is 27.7 Å². The molecule has 0 amide bonds. The zero-order valence-corrected chi connectivity index (χ0v) is 17.8. The third kappa shape index (κ3) is 2.51. The first-order chi connectivity index (χ1) is 13.9. The molecular weight excluding hydrogens is 409 g/mol. The molecule has 29 heavy (non-hydrogen) atoms. The first kappa shape index (κ1) is 18.1. The second kappa shape index (κ2) is 6.30. The molecule has 0 unspecified atom stereocenters. The van der Waals surface area contributed by atoms with Crippen molar-refractivity contribution in [3.63, 3.8) is 0 Å². The molecule has 0 radical (unpaired) electrons. The van der Waals surface area contributed by atoms with E-state index in [-0.39, 0.29) is 0 Å². The van der Waals surface area contributed by atoms with Crippen molar-refractivity contribution in [3.05, 3.63) is 57.1 Å². The number of nitrogens with zero attached hydrogens (tertiary/aromatic N) is 6. The SMILES string of the molecule is Cc1nn(-c2nnc(-n3nc(C)c(Cl)c3C)c3c2[nH]c2ccccc23)c(C)c1Cl. The summed E-state index contributed by atoms with van der Waals surface area (Å²) in [5, 5.41) is 21.3. The van der Waals surface area contributed by atoms with E-state index in [1.165, 1.54) is 0 Å². The molecule has 9 heteroatoms. The average molecular weight is 426 g/mol. The number of aryl methyl sites for hydroxylation is 2. The molecule has 7 nitrogen and oxygen atoms in total. The van der Waals surface area contributed by atoms with Gasteiger partial charge in [0.1, 0.15) is 0 Å². The van der Waals surface area contributed by atoms with Crippen molar-refractivity contribution in [1.29, 1.82) is 0 Å². The van der Waals surface area contributed by atoms with Crippen molar-refractivity contribution in [2.24, 2.45) is 0 Å². The largest absolute Gasteiger partial charge is 0.351 e. The van der Waals surface area contributed by atoms with E-state index in [9.17, 15) is 0 Å². The van der Waals surface area contributed by atoms with E-state index < -0.39 is 0 Å². The van der Waals surface area contributed by atoms with E-state index in [4.69, 9.17) is 23.2 Å². The smallest absolute Gasteiger partial charge is 0.200 e. The van der Waals surface area contributed by atoms with Gasteiger partial charge in [0.2, 0.25) is 5.82 Å². The third-order valence-electron chi connectivity index (χ3n) is 5.20. The van der Waals surface area contributed by atoms with E-state index >= 15 is 0 Å². The number of aromatic nitrogens is 7. The lowest BCUT2D eigenvalue weighted by molar-refractivity contribution is 0.756. The summed E-state index contributed by atoms with van der Waals surface area (Å²) >= 11 is 12.8. The molecule has 0 aliphatic rings. The van der Waals surface area contributed by atoms with Crippen LogP contribution in [0, 0.1) is 27.7 Å². The van der Waals surface area contributed by atoms with Gasteiger partial charge in [0.05, 0.1) is 43.7 Å². The Kier molecular flexibility index (Phi) is 3.94. The third-order valence-corrected chi connectivity index (χ3v) is 6.29. The van der Waals surface area contributed by atoms with Gasteiger partial charge in [-0.1, -0.05) is 41.4 Å². The number of para-hydroxylation sites is 1. The summed E-state index contributed by atoms with van der Waals surface area (Å²) in [6, 6.07) is 8.04. The molecule has 0 bridgehead atoms. The molecule has 0 saturated heterocycles. The highest BCUT2D eigenvalue weighted by molar-refractivity contribution is 6.32. The van der Waals surface area contributed by atoms with E-state index in [0.717, 1.165) is 44.6 Å². The fraction of sp³-hybridized carbons (Fsp3) is 0.200. The normalized spacial score (nSPS) is 11.8. The standard InChI is InChI=1S/C20H17Cl2N7/c1-9-16(21)11(3)28(26-9)19-15-13-7-5-6-8-14(13)23-18(15)20(25-24-19)29-12(4)17(22)10(2)27-29/h5-8,23H,1-4H3. The molecule has 146 valence electrons. The summed E-state index contributed by atoms with van der Waals surface area (Å²) in [5.74, 6) is 1.20. The maximum Gasteiger partial charge on any atom is 0.200 e. The zero-order valence-electron chi connectivity index (χ0n) is 16.2. The number of hydrogen-bond donors (Lipinski definition) is 1. The lowest BCUT2D eigenvalue weighted by Crippen LogP contribution is -2.09. The predicted octanol–water partition coefficient (Wildman–Crippen LogP) is 5.02. The van der Waals surface area contributed by atoms with Crippen LogP contribution in [0.3, 0.4) is 0 Å². The van der Waals surface area contributed by atoms with Gasteiger partial charge in [-0.2, -0.15) is 10.2 Å². The van der Waals surface area contributed by atoms with E-state index in [1.54, 1.807) is 9.36 Å². The van der Waals surface area contributed by atoms with Gasteiger partial charge in [-0.3, -0.25) is 0 Å². The van der Waals surface area contributed by atoms with Crippen molar-refractivity contribution >= 4 is 45.0 Å². The van der Waals surface area contributed by atoms with Crippen molar-refractivity contribution in [2.75, 3.05) is 0 Å². The minimum atomic E-state index is 0.583. The van der Waals surface area contributed by atoms with Gasteiger partial charge < -0.3 is 4.98 Å². The van der Waals surface area contributed by atoms with E-state index in [2.05, 4.69) is 25.4 Å². The quantitative estimate of drug-likeness (QED) is 0.430. The Balaban J connectivity index is 1.92. The molecule has 0 spiro atoms. The topological polar surface area (TPSA) is 77.2 Å². The number of nitrogens with one attached hydrogen (secondary N) is 1. The van der Waals surface area contributed by atoms with Crippen LogP contribution in [0.25, 0.3) is 33.4 Å². The molecular formula is C20H17Cl2N7. The van der Waals surface area contributed by atoms with Gasteiger partial charge in [0.15, 0.2) is 5.82 Å². The Morgan fingerprint density at radius 2 is 1.34 bits per heavy atom. The fourth-order valence-corrected chi connectivity index (χ4v) is 3.93. The molecule has 0 aliphatic carbocycles. The number of H-pyrrole nitrogens is 1. The maximum atomic E-state index is 6.39.